The maximum Gasteiger partial charge on any atom is 0.256 e. The number of nitrogens with one attached hydrogen (secondary N) is 1. The van der Waals surface area contributed by atoms with Crippen molar-refractivity contribution in [2.24, 2.45) is 0 Å². The molecule has 0 fully saturated rings. The van der Waals surface area contributed by atoms with Crippen LogP contribution in [0.1, 0.15) is 33.9 Å². The van der Waals surface area contributed by atoms with Gasteiger partial charge in [0.05, 0.1) is 6.33 Å². The van der Waals surface area contributed by atoms with Gasteiger partial charge in [-0.2, -0.15) is 0 Å². The van der Waals surface area contributed by atoms with E-state index in [2.05, 4.69) is 20.3 Å². The molecule has 2 aromatic heterocycles. The first kappa shape index (κ1) is 23.5. The number of carbonyl (C=O) groups is 2. The summed E-state index contributed by atoms with van der Waals surface area (Å²) in [6.45, 7) is 1.59. The summed E-state index contributed by atoms with van der Waals surface area (Å²) >= 11 is 0.974. The number of aliphatic hydroxyl groups is 2. The van der Waals surface area contributed by atoms with Gasteiger partial charge in [0.15, 0.2) is 34.7 Å². The molecule has 1 amide bonds. The molecule has 4 aromatic rings. The smallest absolute Gasteiger partial charge is 0.256 e. The first-order chi connectivity index (χ1) is 17.4. The van der Waals surface area contributed by atoms with Crippen molar-refractivity contribution >= 4 is 39.8 Å². The summed E-state index contributed by atoms with van der Waals surface area (Å²) in [5.74, 6) is -0.916. The largest absolute Gasteiger partial charge is 0.506 e. The maximum absolute atomic E-state index is 12.6. The highest BCUT2D eigenvalue weighted by Crippen LogP contribution is 2.42. The fourth-order valence-electron chi connectivity index (χ4n) is 3.78. The van der Waals surface area contributed by atoms with Gasteiger partial charge in [-0.3, -0.25) is 14.2 Å². The Morgan fingerprint density at radius 2 is 1.69 bits per heavy atom. The van der Waals surface area contributed by atoms with Gasteiger partial charge in [0.1, 0.15) is 11.9 Å². The first-order valence-electron chi connectivity index (χ1n) is 10.9. The minimum Gasteiger partial charge on any atom is -0.506 e. The maximum atomic E-state index is 12.6. The molecule has 10 nitrogen and oxygen atoms in total. The van der Waals surface area contributed by atoms with Gasteiger partial charge >= 0.3 is 0 Å². The molecule has 5 rings (SSSR count). The van der Waals surface area contributed by atoms with Gasteiger partial charge in [0.25, 0.3) is 5.91 Å². The number of amides is 1. The number of hydrogen-bond donors (Lipinski definition) is 3. The zero-order valence-corrected chi connectivity index (χ0v) is 19.8. The van der Waals surface area contributed by atoms with Crippen LogP contribution in [-0.4, -0.2) is 52.1 Å². The molecule has 2 atom stereocenters. The Morgan fingerprint density at radius 3 is 2.39 bits per heavy atom. The second-order valence-corrected chi connectivity index (χ2v) is 9.19. The molecule has 0 saturated heterocycles. The molecule has 36 heavy (non-hydrogen) atoms. The van der Waals surface area contributed by atoms with Gasteiger partial charge < -0.3 is 20.3 Å². The lowest BCUT2D eigenvalue weighted by Gasteiger charge is -2.24. The van der Waals surface area contributed by atoms with E-state index in [1.54, 1.807) is 55.5 Å². The minimum atomic E-state index is -1.34. The van der Waals surface area contributed by atoms with Crippen LogP contribution in [0, 0.1) is 0 Å². The monoisotopic (exact) mass is 503 g/mol. The topological polar surface area (TPSA) is 139 Å². The van der Waals surface area contributed by atoms with Crippen molar-refractivity contribution in [2.75, 3.05) is 11.1 Å². The van der Waals surface area contributed by atoms with Crippen molar-refractivity contribution in [3.8, 4) is 0 Å². The lowest BCUT2D eigenvalue weighted by atomic mass is 10.1. The molecule has 0 aliphatic carbocycles. The molecule has 3 heterocycles. The van der Waals surface area contributed by atoms with Gasteiger partial charge in [-0.25, -0.2) is 15.0 Å². The number of thioether (sulfide) groups is 1. The number of nitrogens with zero attached hydrogens (tertiary/aromatic N) is 4. The second-order valence-electron chi connectivity index (χ2n) is 8.24. The number of anilines is 1. The molecule has 182 valence electrons. The summed E-state index contributed by atoms with van der Waals surface area (Å²) in [5.41, 5.74) is 0.190. The van der Waals surface area contributed by atoms with Crippen LogP contribution >= 0.6 is 11.8 Å². The highest BCUT2D eigenvalue weighted by Gasteiger charge is 2.46. The quantitative estimate of drug-likeness (QED) is 0.352. The fourth-order valence-corrected chi connectivity index (χ4v) is 4.70. The van der Waals surface area contributed by atoms with E-state index in [-0.39, 0.29) is 39.5 Å². The molecule has 3 N–H and O–H groups in total. The average Bonchev–Trinajstić information content (AvgIpc) is 3.44. The minimum absolute atomic E-state index is 0.0626. The van der Waals surface area contributed by atoms with Crippen LogP contribution in [0.15, 0.2) is 84.8 Å². The summed E-state index contributed by atoms with van der Waals surface area (Å²) in [7, 11) is 0. The number of aromatic nitrogens is 4. The van der Waals surface area contributed by atoms with Gasteiger partial charge in [-0.15, -0.1) is 0 Å². The second kappa shape index (κ2) is 9.44. The third kappa shape index (κ3) is 4.30. The van der Waals surface area contributed by atoms with Crippen LogP contribution in [0.2, 0.25) is 0 Å². The Hall–Kier alpha value is -4.22. The zero-order valence-electron chi connectivity index (χ0n) is 19.0. The van der Waals surface area contributed by atoms with Crippen LogP contribution in [0.25, 0.3) is 11.2 Å². The number of fused-ring (bicyclic) bond motifs is 1. The van der Waals surface area contributed by atoms with E-state index in [4.69, 9.17) is 4.74 Å². The Kier molecular flexibility index (Phi) is 6.17. The van der Waals surface area contributed by atoms with Gasteiger partial charge in [-0.1, -0.05) is 60.3 Å². The molecule has 0 spiro atoms. The van der Waals surface area contributed by atoms with Crippen molar-refractivity contribution in [1.29, 1.82) is 0 Å². The molecule has 2 aromatic carbocycles. The molecule has 1 aliphatic rings. The summed E-state index contributed by atoms with van der Waals surface area (Å²) in [5, 5.41) is 24.0. The zero-order chi connectivity index (χ0) is 25.3. The Bertz CT molecular complexity index is 1470. The van der Waals surface area contributed by atoms with Crippen LogP contribution in [-0.2, 0) is 4.74 Å². The predicted octanol–water partition coefficient (Wildman–Crippen LogP) is 4.27. The molecule has 0 radical (unpaired) electrons. The summed E-state index contributed by atoms with van der Waals surface area (Å²) in [6.07, 6.45) is 1.49. The number of ether oxygens (including phenoxy) is 1. The van der Waals surface area contributed by atoms with E-state index in [0.717, 1.165) is 11.8 Å². The Morgan fingerprint density at radius 1 is 1.03 bits per heavy atom. The standard InChI is InChI=1S/C25H21N5O5S/c1-25(12-36-24(34)16-10-6-3-7-11-16)19(32)18(31)23(35-25)30-14-28-17-20(26-13-27-21(17)30)29-22(33)15-8-4-2-5-9-15/h2-11,13-14,23,31-32H,12H2,1H3,(H,26,27,29,33). The number of rotatable bonds is 6. The number of hydrogen-bond acceptors (Lipinski definition) is 9. The normalized spacial score (nSPS) is 19.5. The van der Waals surface area contributed by atoms with Crippen LogP contribution in [0.4, 0.5) is 5.82 Å². The average molecular weight is 504 g/mol. The van der Waals surface area contributed by atoms with Crippen LogP contribution in [0.3, 0.4) is 0 Å². The number of aliphatic hydroxyl groups excluding tert-OH is 2. The highest BCUT2D eigenvalue weighted by atomic mass is 32.2. The lowest BCUT2D eigenvalue weighted by Crippen LogP contribution is -2.32. The van der Waals surface area contributed by atoms with Gasteiger partial charge in [0, 0.05) is 16.9 Å². The van der Waals surface area contributed by atoms with Gasteiger partial charge in [0.2, 0.25) is 5.12 Å². The highest BCUT2D eigenvalue weighted by molar-refractivity contribution is 8.14. The molecule has 0 bridgehead atoms. The molecule has 11 heteroatoms. The van der Waals surface area contributed by atoms with E-state index in [0.29, 0.717) is 11.1 Å². The van der Waals surface area contributed by atoms with Crippen molar-refractivity contribution in [3.63, 3.8) is 0 Å². The van der Waals surface area contributed by atoms with Crippen LogP contribution < -0.4 is 5.32 Å². The third-order valence-corrected chi connectivity index (χ3v) is 6.91. The van der Waals surface area contributed by atoms with Gasteiger partial charge in [-0.05, 0) is 19.1 Å². The van der Waals surface area contributed by atoms with E-state index in [1.165, 1.54) is 17.2 Å². The van der Waals surface area contributed by atoms with E-state index >= 15 is 0 Å². The van der Waals surface area contributed by atoms with Crippen LogP contribution in [0.5, 0.6) is 0 Å². The molecule has 2 unspecified atom stereocenters. The molecule has 1 aliphatic heterocycles. The van der Waals surface area contributed by atoms with E-state index in [1.807, 2.05) is 12.1 Å². The van der Waals surface area contributed by atoms with Crippen molar-refractivity contribution in [1.82, 2.24) is 19.5 Å². The van der Waals surface area contributed by atoms with E-state index < -0.39 is 17.6 Å². The summed E-state index contributed by atoms with van der Waals surface area (Å²) in [6, 6.07) is 17.4. The fraction of sp³-hybridized carbons (Fsp3) is 0.160. The predicted molar refractivity (Wildman–Crippen MR) is 134 cm³/mol. The SMILES string of the molecule is CC1(CSC(=O)c2ccccc2)OC(n2cnc3c(NC(=O)c4ccccc4)ncnc32)C(O)=C1O. The molecule has 0 saturated carbocycles. The van der Waals surface area contributed by atoms with Crippen molar-refractivity contribution in [3.05, 3.63) is 96.0 Å². The number of carbonyl (C=O) groups excluding carboxylic acids is 2. The summed E-state index contributed by atoms with van der Waals surface area (Å²) < 4.78 is 7.46. The molecular weight excluding hydrogens is 482 g/mol. The summed E-state index contributed by atoms with van der Waals surface area (Å²) in [4.78, 5) is 37.8. The molecular formula is C25H21N5O5S. The number of benzene rings is 2. The van der Waals surface area contributed by atoms with E-state index in [9.17, 15) is 19.8 Å². The van der Waals surface area contributed by atoms with Crippen molar-refractivity contribution < 1.29 is 24.5 Å². The third-order valence-electron chi connectivity index (χ3n) is 5.72. The Labute approximate surface area is 209 Å². The number of imidazole rings is 1. The van der Waals surface area contributed by atoms with Crippen molar-refractivity contribution in [2.45, 2.75) is 18.8 Å². The Balaban J connectivity index is 1.37. The first-order valence-corrected chi connectivity index (χ1v) is 11.9. The lowest BCUT2D eigenvalue weighted by molar-refractivity contribution is -0.0579.